The highest BCUT2D eigenvalue weighted by Crippen LogP contribution is 2.17. The number of ether oxygens (including phenoxy) is 2. The van der Waals surface area contributed by atoms with Gasteiger partial charge in [0.2, 0.25) is 0 Å². The number of rotatable bonds is 5. The summed E-state index contributed by atoms with van der Waals surface area (Å²) in [6, 6.07) is 9.17. The maximum absolute atomic E-state index is 12.5. The minimum atomic E-state index is -0.0461. The largest absolute Gasteiger partial charge is 0.497 e. The van der Waals surface area contributed by atoms with Crippen LogP contribution >= 0.6 is 0 Å². The second-order valence-electron chi connectivity index (χ2n) is 5.35. The van der Waals surface area contributed by atoms with E-state index in [2.05, 4.69) is 9.97 Å². The van der Waals surface area contributed by atoms with E-state index in [0.29, 0.717) is 30.0 Å². The zero-order valence-corrected chi connectivity index (χ0v) is 13.4. The fraction of sp³-hybridized carbons (Fsp3) is 0.294. The molecule has 0 saturated heterocycles. The molecule has 120 valence electrons. The van der Waals surface area contributed by atoms with Gasteiger partial charge in [-0.2, -0.15) is 0 Å². The van der Waals surface area contributed by atoms with Gasteiger partial charge in [-0.1, -0.05) is 0 Å². The number of benzene rings is 1. The topological polar surface area (TPSA) is 69.1 Å². The molecule has 0 fully saturated rings. The summed E-state index contributed by atoms with van der Waals surface area (Å²) < 4.78 is 12.4. The number of aromatic amines is 1. The lowest BCUT2D eigenvalue weighted by Gasteiger charge is -2.11. The maximum Gasteiger partial charge on any atom is 0.263 e. The Bertz CT molecular complexity index is 878. The molecular weight excluding hydrogens is 294 g/mol. The van der Waals surface area contributed by atoms with E-state index in [4.69, 9.17) is 9.47 Å². The van der Waals surface area contributed by atoms with Crippen molar-refractivity contribution < 1.29 is 9.47 Å². The third-order valence-corrected chi connectivity index (χ3v) is 3.71. The average Bonchev–Trinajstić information content (AvgIpc) is 2.91. The number of aromatic nitrogens is 3. The quantitative estimate of drug-likeness (QED) is 0.785. The molecule has 6 heteroatoms. The van der Waals surface area contributed by atoms with Crippen LogP contribution in [0.4, 0.5) is 0 Å². The van der Waals surface area contributed by atoms with Crippen molar-refractivity contribution in [1.29, 1.82) is 0 Å². The minimum Gasteiger partial charge on any atom is -0.497 e. The number of nitrogens with zero attached hydrogens (tertiary/aromatic N) is 2. The molecule has 0 aliphatic rings. The monoisotopic (exact) mass is 313 g/mol. The van der Waals surface area contributed by atoms with Gasteiger partial charge in [-0.15, -0.1) is 0 Å². The van der Waals surface area contributed by atoms with Crippen LogP contribution in [0.15, 0.2) is 35.1 Å². The Morgan fingerprint density at radius 2 is 1.87 bits per heavy atom. The normalized spacial score (nSPS) is 10.9. The molecule has 2 aromatic heterocycles. The van der Waals surface area contributed by atoms with Crippen LogP contribution in [-0.4, -0.2) is 28.3 Å². The highest BCUT2D eigenvalue weighted by atomic mass is 16.5. The molecular formula is C17H19N3O3. The molecule has 0 saturated carbocycles. The van der Waals surface area contributed by atoms with Crippen LogP contribution in [0.2, 0.25) is 0 Å². The molecule has 0 bridgehead atoms. The predicted molar refractivity (Wildman–Crippen MR) is 88.3 cm³/mol. The van der Waals surface area contributed by atoms with Gasteiger partial charge < -0.3 is 14.5 Å². The standard InChI is InChI=1S/C17H19N3O3/c1-11-10-15-16(18-11)19-12(2)20(17(15)21)8-9-23-14-6-4-13(22-3)5-7-14/h4-7,10,18H,8-9H2,1-3H3. The Morgan fingerprint density at radius 3 is 2.57 bits per heavy atom. The second-order valence-corrected chi connectivity index (χ2v) is 5.35. The van der Waals surface area contributed by atoms with E-state index < -0.39 is 0 Å². The summed E-state index contributed by atoms with van der Waals surface area (Å²) in [5.74, 6) is 2.19. The van der Waals surface area contributed by atoms with Gasteiger partial charge in [-0.05, 0) is 44.2 Å². The predicted octanol–water partition coefficient (Wildman–Crippen LogP) is 2.43. The van der Waals surface area contributed by atoms with E-state index in [1.165, 1.54) is 0 Å². The van der Waals surface area contributed by atoms with Crippen molar-refractivity contribution in [2.24, 2.45) is 0 Å². The summed E-state index contributed by atoms with van der Waals surface area (Å²) in [6.07, 6.45) is 0. The minimum absolute atomic E-state index is 0.0461. The zero-order chi connectivity index (χ0) is 16.4. The van der Waals surface area contributed by atoms with E-state index in [9.17, 15) is 4.79 Å². The first-order valence-corrected chi connectivity index (χ1v) is 7.42. The van der Waals surface area contributed by atoms with Gasteiger partial charge in [0.1, 0.15) is 29.6 Å². The van der Waals surface area contributed by atoms with Crippen LogP contribution in [0.3, 0.4) is 0 Å². The van der Waals surface area contributed by atoms with Crippen LogP contribution in [0.5, 0.6) is 11.5 Å². The molecule has 3 aromatic rings. The van der Waals surface area contributed by atoms with Gasteiger partial charge >= 0.3 is 0 Å². The third-order valence-electron chi connectivity index (χ3n) is 3.71. The van der Waals surface area contributed by atoms with Gasteiger partial charge in [0.25, 0.3) is 5.56 Å². The maximum atomic E-state index is 12.5. The fourth-order valence-corrected chi connectivity index (χ4v) is 2.53. The first-order chi connectivity index (χ1) is 11.1. The molecule has 0 aliphatic heterocycles. The zero-order valence-electron chi connectivity index (χ0n) is 13.4. The van der Waals surface area contributed by atoms with Crippen molar-refractivity contribution in [3.63, 3.8) is 0 Å². The smallest absolute Gasteiger partial charge is 0.263 e. The van der Waals surface area contributed by atoms with Crippen LogP contribution < -0.4 is 15.0 Å². The Kier molecular flexibility index (Phi) is 4.06. The summed E-state index contributed by atoms with van der Waals surface area (Å²) in [7, 11) is 1.62. The van der Waals surface area contributed by atoms with Crippen molar-refractivity contribution in [2.75, 3.05) is 13.7 Å². The first-order valence-electron chi connectivity index (χ1n) is 7.42. The SMILES string of the molecule is COc1ccc(OCCn2c(C)nc3[nH]c(C)cc3c2=O)cc1. The van der Waals surface area contributed by atoms with E-state index in [1.807, 2.05) is 44.2 Å². The highest BCUT2D eigenvalue weighted by Gasteiger charge is 2.10. The van der Waals surface area contributed by atoms with Crippen LogP contribution in [0.25, 0.3) is 11.0 Å². The number of aryl methyl sites for hydroxylation is 2. The van der Waals surface area contributed by atoms with Gasteiger partial charge in [0.15, 0.2) is 0 Å². The van der Waals surface area contributed by atoms with Gasteiger partial charge in [-0.3, -0.25) is 9.36 Å². The molecule has 0 radical (unpaired) electrons. The van der Waals surface area contributed by atoms with Crippen molar-refractivity contribution in [2.45, 2.75) is 20.4 Å². The Labute approximate surface area is 133 Å². The highest BCUT2D eigenvalue weighted by molar-refractivity contribution is 5.75. The first kappa shape index (κ1) is 15.1. The molecule has 6 nitrogen and oxygen atoms in total. The molecule has 0 spiro atoms. The Morgan fingerprint density at radius 1 is 1.17 bits per heavy atom. The van der Waals surface area contributed by atoms with Crippen molar-refractivity contribution in [3.8, 4) is 11.5 Å². The molecule has 23 heavy (non-hydrogen) atoms. The van der Waals surface area contributed by atoms with Crippen molar-refractivity contribution in [1.82, 2.24) is 14.5 Å². The molecule has 0 aliphatic carbocycles. The number of fused-ring (bicyclic) bond motifs is 1. The number of hydrogen-bond donors (Lipinski definition) is 1. The second kappa shape index (κ2) is 6.16. The van der Waals surface area contributed by atoms with E-state index in [0.717, 1.165) is 17.2 Å². The van der Waals surface area contributed by atoms with Crippen molar-refractivity contribution in [3.05, 3.63) is 52.2 Å². The fourth-order valence-electron chi connectivity index (χ4n) is 2.53. The summed E-state index contributed by atoms with van der Waals surface area (Å²) >= 11 is 0. The number of nitrogens with one attached hydrogen (secondary N) is 1. The summed E-state index contributed by atoms with van der Waals surface area (Å²) in [4.78, 5) is 20.1. The van der Waals surface area contributed by atoms with Gasteiger partial charge in [0.05, 0.1) is 19.0 Å². The molecule has 1 N–H and O–H groups in total. The van der Waals surface area contributed by atoms with E-state index in [1.54, 1.807) is 11.7 Å². The summed E-state index contributed by atoms with van der Waals surface area (Å²) in [6.45, 7) is 4.57. The molecule has 3 rings (SSSR count). The lowest BCUT2D eigenvalue weighted by molar-refractivity contribution is 0.294. The van der Waals surface area contributed by atoms with Crippen LogP contribution in [0.1, 0.15) is 11.5 Å². The molecule has 0 amide bonds. The number of H-pyrrole nitrogens is 1. The molecule has 0 atom stereocenters. The summed E-state index contributed by atoms with van der Waals surface area (Å²) in [5.41, 5.74) is 1.52. The average molecular weight is 313 g/mol. The lowest BCUT2D eigenvalue weighted by Crippen LogP contribution is -2.26. The molecule has 2 heterocycles. The van der Waals surface area contributed by atoms with Crippen LogP contribution in [0, 0.1) is 13.8 Å². The van der Waals surface area contributed by atoms with Crippen molar-refractivity contribution >= 4 is 11.0 Å². The Balaban J connectivity index is 1.74. The summed E-state index contributed by atoms with van der Waals surface area (Å²) in [5, 5.41) is 0.609. The molecule has 1 aromatic carbocycles. The Hall–Kier alpha value is -2.76. The van der Waals surface area contributed by atoms with Gasteiger partial charge in [-0.25, -0.2) is 4.98 Å². The van der Waals surface area contributed by atoms with Gasteiger partial charge in [0, 0.05) is 5.69 Å². The third kappa shape index (κ3) is 3.06. The number of hydrogen-bond acceptors (Lipinski definition) is 4. The lowest BCUT2D eigenvalue weighted by atomic mass is 10.3. The van der Waals surface area contributed by atoms with E-state index >= 15 is 0 Å². The number of methoxy groups -OCH3 is 1. The molecule has 0 unspecified atom stereocenters. The van der Waals surface area contributed by atoms with E-state index in [-0.39, 0.29) is 5.56 Å². The van der Waals surface area contributed by atoms with Crippen LogP contribution in [-0.2, 0) is 6.54 Å².